The fourth-order valence-electron chi connectivity index (χ4n) is 5.88. The molecule has 0 unspecified atom stereocenters. The summed E-state index contributed by atoms with van der Waals surface area (Å²) >= 11 is -4.09. The Bertz CT molecular complexity index is 349. The first-order chi connectivity index (χ1) is 12.5. The summed E-state index contributed by atoms with van der Waals surface area (Å²) in [6.45, 7) is 14.5. The van der Waals surface area contributed by atoms with Gasteiger partial charge >= 0.3 is 171 Å². The van der Waals surface area contributed by atoms with Crippen LogP contribution in [0.3, 0.4) is 0 Å². The molecule has 0 atom stereocenters. The monoisotopic (exact) mass is 490 g/mol. The average molecular weight is 488 g/mol. The fraction of sp³-hybridized carbons (Fsp3) is 1.00. The first kappa shape index (κ1) is 25.1. The summed E-state index contributed by atoms with van der Waals surface area (Å²) in [7, 11) is 0. The minimum absolute atomic E-state index is 0.272. The SMILES string of the molecule is CCCC[CH2][Ge]1([CH2]CCCC)[O]C(CC)(CC)C[CH2][Ge]1([CH2]CC)[CH2]CC. The molecule has 0 N–H and O–H groups in total. The van der Waals surface area contributed by atoms with Gasteiger partial charge in [-0.3, -0.25) is 0 Å². The van der Waals surface area contributed by atoms with Crippen LogP contribution in [0.4, 0.5) is 0 Å². The van der Waals surface area contributed by atoms with Gasteiger partial charge in [0.25, 0.3) is 0 Å². The van der Waals surface area contributed by atoms with Gasteiger partial charge in [0, 0.05) is 0 Å². The van der Waals surface area contributed by atoms with E-state index in [2.05, 4.69) is 41.5 Å². The second-order valence-corrected chi connectivity index (χ2v) is 45.9. The molecule has 0 aromatic rings. The Morgan fingerprint density at radius 2 is 1.15 bits per heavy atom. The quantitative estimate of drug-likeness (QED) is 0.176. The molecule has 3 heteroatoms. The van der Waals surface area contributed by atoms with Gasteiger partial charge in [-0.1, -0.05) is 0 Å². The van der Waals surface area contributed by atoms with Crippen molar-refractivity contribution >= 4 is 22.9 Å². The van der Waals surface area contributed by atoms with Gasteiger partial charge in [0.2, 0.25) is 0 Å². The van der Waals surface area contributed by atoms with Crippen LogP contribution in [0.1, 0.15) is 112 Å². The van der Waals surface area contributed by atoms with E-state index in [1.54, 1.807) is 26.3 Å². The van der Waals surface area contributed by atoms with E-state index < -0.39 is 22.9 Å². The molecule has 0 radical (unpaired) electrons. The standard InChI is InChI=1S/C23H50Ge2O/c1-7-13-15-20-25(21-16-14-8-2)24(18-9-3,19-10-4)22-17-23(11-5,12-6)26-25/h7-22H2,1-6H3. The zero-order chi connectivity index (χ0) is 19.5. The van der Waals surface area contributed by atoms with Gasteiger partial charge in [-0.05, 0) is 0 Å². The number of rotatable bonds is 14. The third-order valence-corrected chi connectivity index (χ3v) is 62.7. The third-order valence-electron chi connectivity index (χ3n) is 7.55. The molecule has 0 saturated carbocycles. The van der Waals surface area contributed by atoms with Crippen molar-refractivity contribution in [1.29, 1.82) is 0 Å². The predicted octanol–water partition coefficient (Wildman–Crippen LogP) is 8.64. The molecule has 1 fully saturated rings. The molecule has 1 saturated heterocycles. The Morgan fingerprint density at radius 1 is 0.654 bits per heavy atom. The zero-order valence-corrected chi connectivity index (χ0v) is 23.4. The van der Waals surface area contributed by atoms with Crippen LogP contribution in [0.15, 0.2) is 0 Å². The third kappa shape index (κ3) is 6.02. The van der Waals surface area contributed by atoms with Crippen LogP contribution in [-0.4, -0.2) is 28.5 Å². The van der Waals surface area contributed by atoms with E-state index in [4.69, 9.17) is 3.76 Å². The van der Waals surface area contributed by atoms with Crippen molar-refractivity contribution in [3.05, 3.63) is 0 Å². The molecule has 0 aliphatic carbocycles. The fourth-order valence-corrected chi connectivity index (χ4v) is 67.8. The maximum atomic E-state index is 7.65. The molecule has 26 heavy (non-hydrogen) atoms. The van der Waals surface area contributed by atoms with Crippen LogP contribution >= 0.6 is 0 Å². The van der Waals surface area contributed by atoms with E-state index in [-0.39, 0.29) is 5.60 Å². The van der Waals surface area contributed by atoms with Crippen LogP contribution in [0.25, 0.3) is 0 Å². The molecule has 1 nitrogen and oxygen atoms in total. The van der Waals surface area contributed by atoms with Gasteiger partial charge in [-0.15, -0.1) is 0 Å². The van der Waals surface area contributed by atoms with E-state index in [1.807, 2.05) is 0 Å². The van der Waals surface area contributed by atoms with Crippen molar-refractivity contribution in [2.45, 2.75) is 144 Å². The first-order valence-electron chi connectivity index (χ1n) is 12.2. The molecule has 0 amide bonds. The van der Waals surface area contributed by atoms with E-state index in [1.165, 1.54) is 70.6 Å². The van der Waals surface area contributed by atoms with Crippen molar-refractivity contribution < 1.29 is 3.76 Å². The molecule has 0 aromatic carbocycles. The second kappa shape index (κ2) is 12.6. The summed E-state index contributed by atoms with van der Waals surface area (Å²) in [4.78, 5) is 0. The number of hydrogen-bond acceptors (Lipinski definition) is 1. The van der Waals surface area contributed by atoms with E-state index in [0.717, 1.165) is 0 Å². The number of hydrogen-bond donors (Lipinski definition) is 0. The molecule has 0 aromatic heterocycles. The van der Waals surface area contributed by atoms with E-state index in [9.17, 15) is 0 Å². The predicted molar refractivity (Wildman–Crippen MR) is 124 cm³/mol. The molecule has 0 spiro atoms. The molecule has 1 aliphatic heterocycles. The molecule has 1 heterocycles. The van der Waals surface area contributed by atoms with Crippen molar-refractivity contribution in [3.63, 3.8) is 0 Å². The summed E-state index contributed by atoms with van der Waals surface area (Å²) in [5.74, 6) is 0. The van der Waals surface area contributed by atoms with Gasteiger partial charge in [-0.25, -0.2) is 0 Å². The van der Waals surface area contributed by atoms with Crippen LogP contribution < -0.4 is 0 Å². The van der Waals surface area contributed by atoms with Crippen LogP contribution in [0, 0.1) is 0 Å². The molecule has 1 aliphatic rings. The summed E-state index contributed by atoms with van der Waals surface area (Å²) in [5.41, 5.74) is 0.272. The zero-order valence-electron chi connectivity index (χ0n) is 19.2. The molecular weight excluding hydrogens is 437 g/mol. The maximum absolute atomic E-state index is 7.65. The second-order valence-electron chi connectivity index (χ2n) is 9.18. The topological polar surface area (TPSA) is 9.23 Å². The van der Waals surface area contributed by atoms with Crippen LogP contribution in [0.5, 0.6) is 0 Å². The Balaban J connectivity index is 3.27. The Morgan fingerprint density at radius 3 is 1.54 bits per heavy atom. The summed E-state index contributed by atoms with van der Waals surface area (Å²) in [6.07, 6.45) is 15.4. The van der Waals surface area contributed by atoms with Gasteiger partial charge in [-0.2, -0.15) is 0 Å². The van der Waals surface area contributed by atoms with Gasteiger partial charge in [0.15, 0.2) is 0 Å². The van der Waals surface area contributed by atoms with Gasteiger partial charge in [0.1, 0.15) is 0 Å². The molecule has 0 bridgehead atoms. The van der Waals surface area contributed by atoms with Crippen molar-refractivity contribution in [1.82, 2.24) is 0 Å². The van der Waals surface area contributed by atoms with Crippen LogP contribution in [0.2, 0.25) is 26.3 Å². The normalized spacial score (nSPS) is 21.0. The Hall–Kier alpha value is 1.05. The van der Waals surface area contributed by atoms with E-state index in [0.29, 0.717) is 0 Å². The van der Waals surface area contributed by atoms with E-state index >= 15 is 0 Å². The minimum atomic E-state index is -2.23. The Labute approximate surface area is 170 Å². The first-order valence-corrected chi connectivity index (χ1v) is 27.0. The molecule has 156 valence electrons. The van der Waals surface area contributed by atoms with Crippen molar-refractivity contribution in [3.8, 4) is 0 Å². The molecule has 1 rings (SSSR count). The Kier molecular flexibility index (Phi) is 12.1. The average Bonchev–Trinajstić information content (AvgIpc) is 2.65. The van der Waals surface area contributed by atoms with Crippen LogP contribution in [-0.2, 0) is 3.76 Å². The summed E-state index contributed by atoms with van der Waals surface area (Å²) < 4.78 is 7.65. The van der Waals surface area contributed by atoms with Crippen molar-refractivity contribution in [2.24, 2.45) is 0 Å². The number of unbranched alkanes of at least 4 members (excludes halogenated alkanes) is 4. The van der Waals surface area contributed by atoms with Gasteiger partial charge in [0.05, 0.1) is 0 Å². The summed E-state index contributed by atoms with van der Waals surface area (Å²) in [5, 5.41) is 8.07. The van der Waals surface area contributed by atoms with Crippen molar-refractivity contribution in [2.75, 3.05) is 0 Å². The summed E-state index contributed by atoms with van der Waals surface area (Å²) in [6, 6.07) is 0. The molecular formula is C23H50Ge2O. The van der Waals surface area contributed by atoms with Gasteiger partial charge < -0.3 is 0 Å².